The van der Waals surface area contributed by atoms with Crippen LogP contribution in [0.1, 0.15) is 45.4 Å². The van der Waals surface area contributed by atoms with Crippen molar-refractivity contribution in [2.24, 2.45) is 0 Å². The molecule has 3 nitrogen and oxygen atoms in total. The summed E-state index contributed by atoms with van der Waals surface area (Å²) in [6.45, 7) is 7.70. The Bertz CT molecular complexity index is 308. The van der Waals surface area contributed by atoms with Crippen molar-refractivity contribution in [3.8, 4) is 0 Å². The predicted molar refractivity (Wildman–Crippen MR) is 72.1 cm³/mol. The summed E-state index contributed by atoms with van der Waals surface area (Å²) in [4.78, 5) is 2.28. The van der Waals surface area contributed by atoms with E-state index in [0.29, 0.717) is 0 Å². The van der Waals surface area contributed by atoms with Gasteiger partial charge in [0.25, 0.3) is 0 Å². The molecule has 0 aliphatic rings. The van der Waals surface area contributed by atoms with Gasteiger partial charge in [-0.05, 0) is 52.5 Å². The second-order valence-corrected chi connectivity index (χ2v) is 5.01. The lowest BCUT2D eigenvalue weighted by Crippen LogP contribution is -2.51. The quantitative estimate of drug-likeness (QED) is 0.791. The molecule has 98 valence electrons. The van der Waals surface area contributed by atoms with Crippen molar-refractivity contribution in [1.82, 2.24) is 10.2 Å². The number of rotatable bonds is 7. The third kappa shape index (κ3) is 3.11. The van der Waals surface area contributed by atoms with Crippen LogP contribution in [0.2, 0.25) is 0 Å². The van der Waals surface area contributed by atoms with E-state index in [2.05, 4.69) is 51.1 Å². The molecule has 1 aromatic rings. The maximum Gasteiger partial charge on any atom is 0.122 e. The Balaban J connectivity index is 2.96. The predicted octanol–water partition coefficient (Wildman–Crippen LogP) is 3.05. The van der Waals surface area contributed by atoms with Crippen LogP contribution in [0.3, 0.4) is 0 Å². The van der Waals surface area contributed by atoms with E-state index in [4.69, 9.17) is 4.42 Å². The van der Waals surface area contributed by atoms with Crippen molar-refractivity contribution in [2.75, 3.05) is 20.6 Å². The second-order valence-electron chi connectivity index (χ2n) is 5.01. The van der Waals surface area contributed by atoms with Crippen LogP contribution < -0.4 is 5.32 Å². The van der Waals surface area contributed by atoms with Crippen LogP contribution in [0.25, 0.3) is 0 Å². The highest BCUT2D eigenvalue weighted by Gasteiger charge is 2.36. The molecule has 0 saturated heterocycles. The van der Waals surface area contributed by atoms with E-state index < -0.39 is 0 Å². The van der Waals surface area contributed by atoms with Crippen molar-refractivity contribution >= 4 is 0 Å². The molecule has 0 aliphatic heterocycles. The molecule has 0 saturated carbocycles. The maximum atomic E-state index is 5.60. The Morgan fingerprint density at radius 1 is 1.41 bits per heavy atom. The lowest BCUT2D eigenvalue weighted by atomic mass is 9.86. The summed E-state index contributed by atoms with van der Waals surface area (Å²) in [5.41, 5.74) is 0.0625. The van der Waals surface area contributed by atoms with E-state index in [-0.39, 0.29) is 11.6 Å². The van der Waals surface area contributed by atoms with Gasteiger partial charge in [-0.3, -0.25) is 0 Å². The van der Waals surface area contributed by atoms with Gasteiger partial charge in [-0.1, -0.05) is 13.8 Å². The fourth-order valence-electron chi connectivity index (χ4n) is 2.15. The number of hydrogen-bond acceptors (Lipinski definition) is 3. The van der Waals surface area contributed by atoms with E-state index in [9.17, 15) is 0 Å². The van der Waals surface area contributed by atoms with Gasteiger partial charge in [0.1, 0.15) is 5.76 Å². The van der Waals surface area contributed by atoms with E-state index in [1.165, 1.54) is 0 Å². The lowest BCUT2D eigenvalue weighted by molar-refractivity contribution is 0.101. The fourth-order valence-corrected chi connectivity index (χ4v) is 2.15. The highest BCUT2D eigenvalue weighted by Crippen LogP contribution is 2.32. The molecule has 2 atom stereocenters. The number of nitrogens with zero attached hydrogens (tertiary/aromatic N) is 1. The number of nitrogens with one attached hydrogen (secondary N) is 1. The van der Waals surface area contributed by atoms with Gasteiger partial charge in [0.05, 0.1) is 12.3 Å². The van der Waals surface area contributed by atoms with Gasteiger partial charge in [0.15, 0.2) is 0 Å². The van der Waals surface area contributed by atoms with Gasteiger partial charge in [0, 0.05) is 5.54 Å². The van der Waals surface area contributed by atoms with Crippen LogP contribution in [0.5, 0.6) is 0 Å². The monoisotopic (exact) mass is 238 g/mol. The molecule has 0 radical (unpaired) electrons. The standard InChI is InChI=1S/C14H26N2O/c1-6-10-15-13(12-9-8-11-17-12)14(3,7-2)16(4)5/h8-9,11,13,15H,6-7,10H2,1-5H3. The molecule has 17 heavy (non-hydrogen) atoms. The zero-order chi connectivity index (χ0) is 12.9. The Morgan fingerprint density at radius 3 is 2.53 bits per heavy atom. The highest BCUT2D eigenvalue weighted by molar-refractivity contribution is 5.12. The smallest absolute Gasteiger partial charge is 0.122 e. The summed E-state index contributed by atoms with van der Waals surface area (Å²) in [7, 11) is 4.26. The van der Waals surface area contributed by atoms with Crippen molar-refractivity contribution in [2.45, 2.75) is 45.2 Å². The number of furan rings is 1. The average molecular weight is 238 g/mol. The first-order chi connectivity index (χ1) is 8.06. The summed E-state index contributed by atoms with van der Waals surface area (Å²) in [5, 5.41) is 3.61. The zero-order valence-corrected chi connectivity index (χ0v) is 11.8. The van der Waals surface area contributed by atoms with Gasteiger partial charge in [-0.2, -0.15) is 0 Å². The highest BCUT2D eigenvalue weighted by atomic mass is 16.3. The van der Waals surface area contributed by atoms with Gasteiger partial charge in [-0.25, -0.2) is 0 Å². The Hall–Kier alpha value is -0.800. The molecule has 0 amide bonds. The fraction of sp³-hybridized carbons (Fsp3) is 0.714. The molecule has 0 fully saturated rings. The van der Waals surface area contributed by atoms with Gasteiger partial charge >= 0.3 is 0 Å². The minimum atomic E-state index is 0.0625. The molecule has 1 aromatic heterocycles. The second kappa shape index (κ2) is 6.22. The molecule has 0 aromatic carbocycles. The molecule has 0 aliphatic carbocycles. The van der Waals surface area contributed by atoms with Crippen LogP contribution in [-0.4, -0.2) is 31.1 Å². The van der Waals surface area contributed by atoms with Gasteiger partial charge < -0.3 is 14.6 Å². The topological polar surface area (TPSA) is 28.4 Å². The van der Waals surface area contributed by atoms with Crippen molar-refractivity contribution in [1.29, 1.82) is 0 Å². The Labute approximate surface area is 105 Å². The maximum absolute atomic E-state index is 5.60. The molecular formula is C14H26N2O. The average Bonchev–Trinajstić information content (AvgIpc) is 2.82. The summed E-state index contributed by atoms with van der Waals surface area (Å²) in [5.74, 6) is 1.02. The van der Waals surface area contributed by atoms with Crippen LogP contribution in [0.4, 0.5) is 0 Å². The minimum absolute atomic E-state index is 0.0625. The Morgan fingerprint density at radius 2 is 2.12 bits per heavy atom. The normalized spacial score (nSPS) is 17.1. The first-order valence-corrected chi connectivity index (χ1v) is 6.50. The molecule has 1 heterocycles. The largest absolute Gasteiger partial charge is 0.468 e. The molecule has 0 spiro atoms. The lowest BCUT2D eigenvalue weighted by Gasteiger charge is -2.42. The van der Waals surface area contributed by atoms with Crippen molar-refractivity contribution in [3.05, 3.63) is 24.2 Å². The zero-order valence-electron chi connectivity index (χ0n) is 11.8. The van der Waals surface area contributed by atoms with E-state index in [1.807, 2.05) is 6.07 Å². The van der Waals surface area contributed by atoms with Crippen LogP contribution in [0.15, 0.2) is 22.8 Å². The third-order valence-corrected chi connectivity index (χ3v) is 3.79. The Kier molecular flexibility index (Phi) is 5.22. The number of hydrogen-bond donors (Lipinski definition) is 1. The molecule has 3 heteroatoms. The van der Waals surface area contributed by atoms with Crippen LogP contribution >= 0.6 is 0 Å². The molecule has 2 unspecified atom stereocenters. The molecular weight excluding hydrogens is 212 g/mol. The van der Waals surface area contributed by atoms with Gasteiger partial charge in [0.2, 0.25) is 0 Å². The SMILES string of the molecule is CCCNC(c1ccco1)C(C)(CC)N(C)C. The van der Waals surface area contributed by atoms with Gasteiger partial charge in [-0.15, -0.1) is 0 Å². The first-order valence-electron chi connectivity index (χ1n) is 6.50. The molecule has 1 rings (SSSR count). The van der Waals surface area contributed by atoms with E-state index >= 15 is 0 Å². The molecule has 0 bridgehead atoms. The third-order valence-electron chi connectivity index (χ3n) is 3.79. The van der Waals surface area contributed by atoms with Crippen molar-refractivity contribution in [3.63, 3.8) is 0 Å². The van der Waals surface area contributed by atoms with Crippen molar-refractivity contribution < 1.29 is 4.42 Å². The van der Waals surface area contributed by atoms with E-state index in [1.54, 1.807) is 6.26 Å². The molecule has 1 N–H and O–H groups in total. The summed E-state index contributed by atoms with van der Waals surface area (Å²) in [6.07, 6.45) is 3.95. The number of likely N-dealkylation sites (N-methyl/N-ethyl adjacent to an activating group) is 1. The summed E-state index contributed by atoms with van der Waals surface area (Å²) < 4.78 is 5.60. The van der Waals surface area contributed by atoms with E-state index in [0.717, 1.165) is 25.1 Å². The van der Waals surface area contributed by atoms with Crippen LogP contribution in [-0.2, 0) is 0 Å². The minimum Gasteiger partial charge on any atom is -0.468 e. The first kappa shape index (κ1) is 14.3. The summed E-state index contributed by atoms with van der Waals surface area (Å²) in [6, 6.07) is 4.25. The summed E-state index contributed by atoms with van der Waals surface area (Å²) >= 11 is 0. The van der Waals surface area contributed by atoms with Crippen LogP contribution in [0, 0.1) is 0 Å².